The molecule has 3 heterocycles. The van der Waals surface area contributed by atoms with E-state index < -0.39 is 24.5 Å². The SMILES string of the molecule is CC(C)(C)c1ccc(NC(=O)NCCC[C@H](CNCc2ccccc2O)C[C@H]2O[C@@H](n3cnc4c(N)ncnc43)[C@@H](O)[C@H]2O)cc1. The van der Waals surface area contributed by atoms with Crippen molar-refractivity contribution in [3.63, 3.8) is 0 Å². The van der Waals surface area contributed by atoms with Crippen LogP contribution in [-0.4, -0.2) is 72.3 Å². The lowest BCUT2D eigenvalue weighted by molar-refractivity contribution is -0.0416. The van der Waals surface area contributed by atoms with Crippen LogP contribution in [0.25, 0.3) is 11.2 Å². The fraction of sp³-hybridized carbons (Fsp3) is 0.455. The van der Waals surface area contributed by atoms with E-state index in [0.717, 1.165) is 11.3 Å². The van der Waals surface area contributed by atoms with Gasteiger partial charge in [0.25, 0.3) is 0 Å². The second-order valence-corrected chi connectivity index (χ2v) is 12.8. The van der Waals surface area contributed by atoms with Crippen LogP contribution >= 0.6 is 0 Å². The minimum atomic E-state index is -1.21. The number of imidazole rings is 1. The van der Waals surface area contributed by atoms with Crippen LogP contribution in [0.4, 0.5) is 16.3 Å². The lowest BCUT2D eigenvalue weighted by Crippen LogP contribution is -2.35. The van der Waals surface area contributed by atoms with Crippen molar-refractivity contribution in [3.8, 4) is 5.75 Å². The van der Waals surface area contributed by atoms with Crippen molar-refractivity contribution in [2.24, 2.45) is 5.92 Å². The van der Waals surface area contributed by atoms with Crippen molar-refractivity contribution in [2.45, 2.75) is 76.5 Å². The molecule has 0 saturated carbocycles. The molecule has 8 N–H and O–H groups in total. The maximum Gasteiger partial charge on any atom is 0.319 e. The van der Waals surface area contributed by atoms with Crippen LogP contribution in [0.3, 0.4) is 0 Å². The summed E-state index contributed by atoms with van der Waals surface area (Å²) in [5.74, 6) is 0.445. The quantitative estimate of drug-likeness (QED) is 0.114. The molecule has 0 spiro atoms. The number of benzene rings is 2. The molecular weight excluding hydrogens is 588 g/mol. The van der Waals surface area contributed by atoms with Gasteiger partial charge in [-0.05, 0) is 60.9 Å². The maximum atomic E-state index is 12.6. The third-order valence-corrected chi connectivity index (χ3v) is 8.39. The molecule has 1 fully saturated rings. The second-order valence-electron chi connectivity index (χ2n) is 12.8. The van der Waals surface area contributed by atoms with Gasteiger partial charge in [0.05, 0.1) is 12.4 Å². The number of hydrogen-bond donors (Lipinski definition) is 7. The standard InChI is InChI=1S/C33H44N8O5/c1-33(2,3)22-10-12-23(13-11-22)40-32(45)36-14-6-7-20(16-35-17-21-8-4-5-9-24(21)42)15-25-27(43)28(44)31(46-25)41-19-39-26-29(34)37-18-38-30(26)41/h4-5,8-13,18-20,25,27-28,31,35,42-44H,6-7,14-17H2,1-3H3,(H2,34,37,38)(H2,36,40,45)/t20-,25+,27-,28-,31+/m0/s1. The summed E-state index contributed by atoms with van der Waals surface area (Å²) in [5, 5.41) is 41.3. The van der Waals surface area contributed by atoms with Gasteiger partial charge < -0.3 is 41.7 Å². The number of anilines is 2. The number of fused-ring (bicyclic) bond motifs is 1. The number of carbonyl (C=O) groups excluding carboxylic acids is 1. The number of amides is 2. The van der Waals surface area contributed by atoms with E-state index in [1.54, 1.807) is 16.7 Å². The highest BCUT2D eigenvalue weighted by Gasteiger charge is 2.44. The number of aliphatic hydroxyl groups is 2. The average Bonchev–Trinajstić information content (AvgIpc) is 3.57. The second kappa shape index (κ2) is 14.4. The van der Waals surface area contributed by atoms with Gasteiger partial charge in [0.2, 0.25) is 0 Å². The molecule has 0 aliphatic carbocycles. The highest BCUT2D eigenvalue weighted by atomic mass is 16.6. The van der Waals surface area contributed by atoms with Gasteiger partial charge >= 0.3 is 6.03 Å². The van der Waals surface area contributed by atoms with E-state index in [9.17, 15) is 20.1 Å². The average molecular weight is 633 g/mol. The molecule has 2 amide bonds. The van der Waals surface area contributed by atoms with Gasteiger partial charge in [0.1, 0.15) is 29.8 Å². The molecule has 4 aromatic rings. The molecule has 0 unspecified atom stereocenters. The number of aromatic hydroxyl groups is 1. The Labute approximate surface area is 268 Å². The van der Waals surface area contributed by atoms with Gasteiger partial charge in [0.15, 0.2) is 17.7 Å². The molecule has 5 atom stereocenters. The maximum absolute atomic E-state index is 12.6. The summed E-state index contributed by atoms with van der Waals surface area (Å²) in [4.78, 5) is 25.0. The van der Waals surface area contributed by atoms with E-state index in [-0.39, 0.29) is 28.9 Å². The van der Waals surface area contributed by atoms with E-state index >= 15 is 0 Å². The fourth-order valence-electron chi connectivity index (χ4n) is 5.73. The molecule has 13 heteroatoms. The summed E-state index contributed by atoms with van der Waals surface area (Å²) in [6.07, 6.45) is 0.688. The third kappa shape index (κ3) is 7.91. The van der Waals surface area contributed by atoms with E-state index in [4.69, 9.17) is 10.5 Å². The predicted molar refractivity (Wildman–Crippen MR) is 175 cm³/mol. The van der Waals surface area contributed by atoms with Gasteiger partial charge in [-0.3, -0.25) is 4.57 Å². The number of phenols is 1. The van der Waals surface area contributed by atoms with Crippen LogP contribution in [0.2, 0.25) is 0 Å². The van der Waals surface area contributed by atoms with Gasteiger partial charge in [-0.15, -0.1) is 0 Å². The zero-order chi connectivity index (χ0) is 32.8. The van der Waals surface area contributed by atoms with E-state index in [1.807, 2.05) is 36.4 Å². The number of nitrogens with two attached hydrogens (primary N) is 1. The molecule has 2 aromatic carbocycles. The Morgan fingerprint density at radius 2 is 1.83 bits per heavy atom. The monoisotopic (exact) mass is 632 g/mol. The summed E-state index contributed by atoms with van der Waals surface area (Å²) in [6, 6.07) is 14.7. The smallest absolute Gasteiger partial charge is 0.319 e. The number of nitrogen functional groups attached to an aromatic ring is 1. The lowest BCUT2D eigenvalue weighted by Gasteiger charge is -2.23. The fourth-order valence-corrected chi connectivity index (χ4v) is 5.73. The normalized spacial score (nSPS) is 20.5. The molecule has 2 aromatic heterocycles. The van der Waals surface area contributed by atoms with Crippen LogP contribution in [0.15, 0.2) is 61.2 Å². The summed E-state index contributed by atoms with van der Waals surface area (Å²) < 4.78 is 7.77. The van der Waals surface area contributed by atoms with Gasteiger partial charge in [-0.2, -0.15) is 0 Å². The number of nitrogens with one attached hydrogen (secondary N) is 3. The molecule has 1 saturated heterocycles. The van der Waals surface area contributed by atoms with E-state index in [0.29, 0.717) is 50.1 Å². The van der Waals surface area contributed by atoms with Crippen LogP contribution < -0.4 is 21.7 Å². The van der Waals surface area contributed by atoms with E-state index in [1.165, 1.54) is 18.2 Å². The topological polar surface area (TPSA) is 193 Å². The largest absolute Gasteiger partial charge is 0.508 e. The summed E-state index contributed by atoms with van der Waals surface area (Å²) in [7, 11) is 0. The minimum absolute atomic E-state index is 0.0174. The van der Waals surface area contributed by atoms with Gasteiger partial charge in [0, 0.05) is 24.3 Å². The number of phenolic OH excluding ortho intramolecular Hbond substituents is 1. The van der Waals surface area contributed by atoms with Crippen molar-refractivity contribution >= 4 is 28.7 Å². The number of urea groups is 1. The summed E-state index contributed by atoms with van der Waals surface area (Å²) >= 11 is 0. The molecule has 5 rings (SSSR count). The van der Waals surface area contributed by atoms with Crippen LogP contribution in [-0.2, 0) is 16.7 Å². The number of para-hydroxylation sites is 1. The zero-order valence-corrected chi connectivity index (χ0v) is 26.4. The molecule has 1 aliphatic rings. The van der Waals surface area contributed by atoms with Crippen molar-refractivity contribution in [1.82, 2.24) is 30.2 Å². The first-order valence-corrected chi connectivity index (χ1v) is 15.6. The van der Waals surface area contributed by atoms with Crippen molar-refractivity contribution < 1.29 is 24.9 Å². The third-order valence-electron chi connectivity index (χ3n) is 8.39. The number of aromatic nitrogens is 4. The first-order chi connectivity index (χ1) is 22.0. The Morgan fingerprint density at radius 1 is 1.07 bits per heavy atom. The Kier molecular flexibility index (Phi) is 10.4. The molecule has 13 nitrogen and oxygen atoms in total. The number of hydrogen-bond acceptors (Lipinski definition) is 10. The Morgan fingerprint density at radius 3 is 2.57 bits per heavy atom. The van der Waals surface area contributed by atoms with Crippen LogP contribution in [0.1, 0.15) is 57.4 Å². The number of aliphatic hydroxyl groups excluding tert-OH is 2. The molecular formula is C33H44N8O5. The van der Waals surface area contributed by atoms with E-state index in [2.05, 4.69) is 51.7 Å². The zero-order valence-electron chi connectivity index (χ0n) is 26.4. The number of carbonyl (C=O) groups is 1. The molecule has 1 aliphatic heterocycles. The highest BCUT2D eigenvalue weighted by molar-refractivity contribution is 5.89. The summed E-state index contributed by atoms with van der Waals surface area (Å²) in [5.41, 5.74) is 9.43. The Bertz CT molecular complexity index is 1610. The van der Waals surface area contributed by atoms with Crippen molar-refractivity contribution in [3.05, 3.63) is 72.3 Å². The van der Waals surface area contributed by atoms with Crippen molar-refractivity contribution in [1.29, 1.82) is 0 Å². The van der Waals surface area contributed by atoms with Crippen molar-refractivity contribution in [2.75, 3.05) is 24.1 Å². The van der Waals surface area contributed by atoms with Gasteiger partial charge in [-0.1, -0.05) is 51.1 Å². The highest BCUT2D eigenvalue weighted by Crippen LogP contribution is 2.35. The molecule has 0 bridgehead atoms. The molecule has 246 valence electrons. The predicted octanol–water partition coefficient (Wildman–Crippen LogP) is 3.43. The van der Waals surface area contributed by atoms with Gasteiger partial charge in [-0.25, -0.2) is 19.7 Å². The van der Waals surface area contributed by atoms with Crippen LogP contribution in [0, 0.1) is 5.92 Å². The first kappa shape index (κ1) is 33.1. The summed E-state index contributed by atoms with van der Waals surface area (Å²) in [6.45, 7) is 7.90. The Hall–Kier alpha value is -4.30. The Balaban J connectivity index is 1.18. The number of nitrogens with zero attached hydrogens (tertiary/aromatic N) is 4. The lowest BCUT2D eigenvalue weighted by atomic mass is 9.87. The molecule has 0 radical (unpaired) electrons. The minimum Gasteiger partial charge on any atom is -0.508 e. The number of rotatable bonds is 12. The molecule has 46 heavy (non-hydrogen) atoms. The van der Waals surface area contributed by atoms with Crippen LogP contribution in [0.5, 0.6) is 5.75 Å². The number of ether oxygens (including phenoxy) is 1. The first-order valence-electron chi connectivity index (χ1n) is 15.6.